The normalized spacial score (nSPS) is 11.4. The molecule has 0 aromatic heterocycles. The van der Waals surface area contributed by atoms with Gasteiger partial charge in [0.25, 0.3) is 0 Å². The third kappa shape index (κ3) is 7.60. The lowest BCUT2D eigenvalue weighted by Crippen LogP contribution is -2.33. The van der Waals surface area contributed by atoms with Gasteiger partial charge in [0, 0.05) is 11.5 Å². The van der Waals surface area contributed by atoms with Crippen molar-refractivity contribution in [3.05, 3.63) is 29.8 Å². The molecule has 1 aromatic carbocycles. The molecule has 0 amide bonds. The summed E-state index contributed by atoms with van der Waals surface area (Å²) in [5.41, 5.74) is 0.182. The number of hydrogen-bond acceptors (Lipinski definition) is 5. The molecule has 2 nitrogen and oxygen atoms in total. The van der Waals surface area contributed by atoms with E-state index in [1.165, 1.54) is 53.7 Å². The molecule has 0 unspecified atom stereocenters. The summed E-state index contributed by atoms with van der Waals surface area (Å²) < 4.78 is 41.1. The highest BCUT2D eigenvalue weighted by Gasteiger charge is 2.32. The molecule has 0 aliphatic heterocycles. The van der Waals surface area contributed by atoms with Gasteiger partial charge in [-0.3, -0.25) is 4.79 Å². The van der Waals surface area contributed by atoms with Crippen molar-refractivity contribution in [1.82, 2.24) is 0 Å². The van der Waals surface area contributed by atoms with Crippen molar-refractivity contribution in [2.75, 3.05) is 5.75 Å². The first-order valence-corrected chi connectivity index (χ1v) is 9.02. The smallest absolute Gasteiger partial charge is 0.426 e. The Morgan fingerprint density at radius 3 is 2.33 bits per heavy atom. The molecule has 0 aliphatic rings. The number of benzene rings is 1. The van der Waals surface area contributed by atoms with Crippen molar-refractivity contribution < 1.29 is 22.7 Å². The van der Waals surface area contributed by atoms with Gasteiger partial charge >= 0.3 is 12.1 Å². The minimum Gasteiger partial charge on any atom is -0.426 e. The van der Waals surface area contributed by atoms with Crippen molar-refractivity contribution in [3.8, 4) is 17.6 Å². The number of rotatable bonds is 4. The van der Waals surface area contributed by atoms with Gasteiger partial charge in [-0.1, -0.05) is 36.8 Å². The molecule has 8 heteroatoms. The van der Waals surface area contributed by atoms with Crippen LogP contribution >= 0.6 is 35.7 Å². The lowest BCUT2D eigenvalue weighted by atomic mass is 10.2. The van der Waals surface area contributed by atoms with E-state index in [1.54, 1.807) is 13.8 Å². The molecule has 0 aliphatic carbocycles. The van der Waals surface area contributed by atoms with E-state index < -0.39 is 16.9 Å². The van der Waals surface area contributed by atoms with E-state index in [9.17, 15) is 18.0 Å². The number of alkyl halides is 3. The van der Waals surface area contributed by atoms with Crippen LogP contribution in [0.3, 0.4) is 0 Å². The molecule has 0 radical (unpaired) electrons. The van der Waals surface area contributed by atoms with E-state index in [0.717, 1.165) is 5.75 Å². The van der Waals surface area contributed by atoms with Crippen LogP contribution in [0.1, 0.15) is 26.3 Å². The summed E-state index contributed by atoms with van der Waals surface area (Å²) >= 11 is 7.88. The second kappa shape index (κ2) is 8.79. The Bertz CT molecular complexity index is 656. The minimum absolute atomic E-state index is 0.182. The van der Waals surface area contributed by atoms with E-state index in [0.29, 0.717) is 3.53 Å². The molecule has 0 heterocycles. The first-order chi connectivity index (χ1) is 11.0. The molecular weight excluding hydrogens is 377 g/mol. The number of hydrogen-bond donors (Lipinski definition) is 0. The maximum Gasteiger partial charge on any atom is 0.458 e. The molecule has 0 saturated heterocycles. The lowest BCUT2D eigenvalue weighted by molar-refractivity contribution is -0.136. The largest absolute Gasteiger partial charge is 0.458 e. The van der Waals surface area contributed by atoms with Gasteiger partial charge in [0.15, 0.2) is 0 Å². The van der Waals surface area contributed by atoms with Gasteiger partial charge in [0.1, 0.15) is 14.0 Å². The van der Waals surface area contributed by atoms with Crippen molar-refractivity contribution >= 4 is 45.2 Å². The van der Waals surface area contributed by atoms with Crippen molar-refractivity contribution in [2.24, 2.45) is 0 Å². The fourth-order valence-corrected chi connectivity index (χ4v) is 4.35. The molecule has 1 rings (SSSR count). The zero-order valence-corrected chi connectivity index (χ0v) is 15.6. The standard InChI is InChI=1S/C16H15F3O2S3/c1-4-23-14(22)24-15(2,3)13(20)21-12-7-5-11(6-8-12)9-10-16(17,18)19/h5-8H,4H2,1-3H3. The molecule has 0 saturated carbocycles. The number of thioether (sulfide) groups is 2. The average Bonchev–Trinajstić information content (AvgIpc) is 2.45. The van der Waals surface area contributed by atoms with Crippen molar-refractivity contribution in [2.45, 2.75) is 31.7 Å². The molecule has 0 N–H and O–H groups in total. The second-order valence-electron chi connectivity index (χ2n) is 4.96. The van der Waals surface area contributed by atoms with Crippen LogP contribution in [-0.2, 0) is 4.79 Å². The Hall–Kier alpha value is -1.17. The molecule has 0 bridgehead atoms. The Balaban J connectivity index is 2.73. The maximum atomic E-state index is 12.2. The zero-order valence-electron chi connectivity index (χ0n) is 13.2. The van der Waals surface area contributed by atoms with E-state index in [4.69, 9.17) is 17.0 Å². The van der Waals surface area contributed by atoms with Crippen LogP contribution in [0.2, 0.25) is 0 Å². The summed E-state index contributed by atoms with van der Waals surface area (Å²) in [6.07, 6.45) is -4.54. The zero-order chi connectivity index (χ0) is 18.4. The first-order valence-electron chi connectivity index (χ1n) is 6.81. The summed E-state index contributed by atoms with van der Waals surface area (Å²) in [4.78, 5) is 12.2. The Morgan fingerprint density at radius 2 is 1.83 bits per heavy atom. The van der Waals surface area contributed by atoms with Gasteiger partial charge in [0.2, 0.25) is 0 Å². The van der Waals surface area contributed by atoms with Gasteiger partial charge in [-0.2, -0.15) is 13.2 Å². The van der Waals surface area contributed by atoms with Crippen LogP contribution in [0, 0.1) is 11.8 Å². The van der Waals surface area contributed by atoms with E-state index >= 15 is 0 Å². The molecule has 0 fully saturated rings. The number of ether oxygens (including phenoxy) is 1. The molecule has 24 heavy (non-hydrogen) atoms. The quantitative estimate of drug-likeness (QED) is 0.309. The van der Waals surface area contributed by atoms with E-state index in [2.05, 4.69) is 0 Å². The van der Waals surface area contributed by atoms with Gasteiger partial charge in [-0.25, -0.2) is 0 Å². The van der Waals surface area contributed by atoms with E-state index in [-0.39, 0.29) is 11.3 Å². The van der Waals surface area contributed by atoms with E-state index in [1.807, 2.05) is 12.8 Å². The van der Waals surface area contributed by atoms with Crippen LogP contribution in [0.4, 0.5) is 13.2 Å². The molecule has 0 spiro atoms. The fraction of sp³-hybridized carbons (Fsp3) is 0.375. The summed E-state index contributed by atoms with van der Waals surface area (Å²) in [5.74, 6) is 3.74. The van der Waals surface area contributed by atoms with Gasteiger partial charge in [-0.15, -0.1) is 11.8 Å². The lowest BCUT2D eigenvalue weighted by Gasteiger charge is -2.21. The van der Waals surface area contributed by atoms with Crippen LogP contribution in [0.5, 0.6) is 5.75 Å². The second-order valence-corrected chi connectivity index (χ2v) is 9.05. The molecule has 0 atom stereocenters. The van der Waals surface area contributed by atoms with Gasteiger partial charge < -0.3 is 4.74 Å². The number of carbonyl (C=O) groups excluding carboxylic acids is 1. The third-order valence-electron chi connectivity index (χ3n) is 2.51. The summed E-state index contributed by atoms with van der Waals surface area (Å²) in [6, 6.07) is 5.52. The summed E-state index contributed by atoms with van der Waals surface area (Å²) in [7, 11) is 0. The Labute approximate surface area is 152 Å². The van der Waals surface area contributed by atoms with Crippen molar-refractivity contribution in [1.29, 1.82) is 0 Å². The number of halogens is 3. The molecule has 130 valence electrons. The fourth-order valence-electron chi connectivity index (χ4n) is 1.38. The Kier molecular flexibility index (Phi) is 7.64. The SMILES string of the molecule is CCSC(=S)SC(C)(C)C(=O)Oc1ccc(C#CC(F)(F)F)cc1. The predicted octanol–water partition coefficient (Wildman–Crippen LogP) is 5.06. The van der Waals surface area contributed by atoms with Gasteiger partial charge in [-0.05, 0) is 43.9 Å². The van der Waals surface area contributed by atoms with Crippen LogP contribution in [0.15, 0.2) is 24.3 Å². The van der Waals surface area contributed by atoms with Crippen LogP contribution in [-0.4, -0.2) is 26.2 Å². The number of esters is 1. The number of carbonyl (C=O) groups is 1. The van der Waals surface area contributed by atoms with Crippen molar-refractivity contribution in [3.63, 3.8) is 0 Å². The average molecular weight is 392 g/mol. The monoisotopic (exact) mass is 392 g/mol. The summed E-state index contributed by atoms with van der Waals surface area (Å²) in [5, 5.41) is 0. The van der Waals surface area contributed by atoms with Crippen LogP contribution < -0.4 is 4.74 Å². The Morgan fingerprint density at radius 1 is 1.25 bits per heavy atom. The molecular formula is C16H15F3O2S3. The predicted molar refractivity (Wildman–Crippen MR) is 97.4 cm³/mol. The highest BCUT2D eigenvalue weighted by Crippen LogP contribution is 2.32. The highest BCUT2D eigenvalue weighted by atomic mass is 32.2. The van der Waals surface area contributed by atoms with Crippen LogP contribution in [0.25, 0.3) is 0 Å². The summed E-state index contributed by atoms with van der Waals surface area (Å²) in [6.45, 7) is 5.36. The number of thiocarbonyl (C=S) groups is 1. The highest BCUT2D eigenvalue weighted by molar-refractivity contribution is 8.47. The molecule has 1 aromatic rings. The van der Waals surface area contributed by atoms with Gasteiger partial charge in [0.05, 0.1) is 0 Å². The maximum absolute atomic E-state index is 12.2. The third-order valence-corrected chi connectivity index (χ3v) is 5.08. The topological polar surface area (TPSA) is 26.3 Å². The minimum atomic E-state index is -4.54. The first kappa shape index (κ1) is 20.9.